The van der Waals surface area contributed by atoms with E-state index in [0.717, 1.165) is 90.5 Å². The Morgan fingerprint density at radius 1 is 1.10 bits per heavy atom. The van der Waals surface area contributed by atoms with Gasteiger partial charge in [-0.3, -0.25) is 14.6 Å². The quantitative estimate of drug-likeness (QED) is 0.306. The fourth-order valence-corrected chi connectivity index (χ4v) is 5.46. The van der Waals surface area contributed by atoms with Gasteiger partial charge in [-0.1, -0.05) is 31.2 Å². The summed E-state index contributed by atoms with van der Waals surface area (Å²) in [6.45, 7) is 12.3. The molecule has 4 aromatic rings. The van der Waals surface area contributed by atoms with E-state index in [1.165, 1.54) is 0 Å². The van der Waals surface area contributed by atoms with Gasteiger partial charge < -0.3 is 14.5 Å². The lowest BCUT2D eigenvalue weighted by molar-refractivity contribution is 0.0292. The van der Waals surface area contributed by atoms with Gasteiger partial charge in [0.1, 0.15) is 5.75 Å². The second-order valence-electron chi connectivity index (χ2n) is 10.5. The molecule has 10 nitrogen and oxygen atoms in total. The number of fused-ring (bicyclic) bond motifs is 1. The van der Waals surface area contributed by atoms with E-state index in [1.807, 2.05) is 35.9 Å². The zero-order chi connectivity index (χ0) is 28.1. The molecule has 0 unspecified atom stereocenters. The third-order valence-corrected chi connectivity index (χ3v) is 7.88. The number of tetrazole rings is 1. The monoisotopic (exact) mass is 545 g/mol. The van der Waals surface area contributed by atoms with Crippen molar-refractivity contribution in [3.05, 3.63) is 80.9 Å². The molecule has 5 rings (SSSR count). The number of H-pyrrole nitrogens is 1. The molecule has 212 valence electrons. The third kappa shape index (κ3) is 6.24. The minimum atomic E-state index is -0.0667. The summed E-state index contributed by atoms with van der Waals surface area (Å²) in [5.74, 6) is 1.61. The maximum Gasteiger partial charge on any atom is 0.252 e. The van der Waals surface area contributed by atoms with Crippen LogP contribution in [0.25, 0.3) is 10.9 Å². The Kier molecular flexibility index (Phi) is 8.88. The zero-order valence-electron chi connectivity index (χ0n) is 23.9. The van der Waals surface area contributed by atoms with Crippen molar-refractivity contribution in [1.82, 2.24) is 35.0 Å². The lowest BCUT2D eigenvalue weighted by Crippen LogP contribution is -2.43. The van der Waals surface area contributed by atoms with Gasteiger partial charge in [0.15, 0.2) is 5.82 Å². The Labute approximate surface area is 234 Å². The molecule has 10 heteroatoms. The van der Waals surface area contributed by atoms with Gasteiger partial charge in [-0.05, 0) is 65.6 Å². The van der Waals surface area contributed by atoms with Crippen molar-refractivity contribution in [3.63, 3.8) is 0 Å². The highest BCUT2D eigenvalue weighted by Crippen LogP contribution is 2.26. The first kappa shape index (κ1) is 27.9. The van der Waals surface area contributed by atoms with E-state index in [1.54, 1.807) is 7.11 Å². The molecule has 1 atom stereocenters. The first-order valence-electron chi connectivity index (χ1n) is 14.0. The molecule has 0 radical (unpaired) electrons. The fourth-order valence-electron chi connectivity index (χ4n) is 5.46. The molecule has 1 fully saturated rings. The smallest absolute Gasteiger partial charge is 0.252 e. The summed E-state index contributed by atoms with van der Waals surface area (Å²) in [7, 11) is 1.66. The van der Waals surface area contributed by atoms with Crippen molar-refractivity contribution in [2.75, 3.05) is 46.5 Å². The molecule has 0 bridgehead atoms. The fraction of sp³-hybridized carbons (Fsp3) is 0.467. The minimum absolute atomic E-state index is 0.0507. The maximum atomic E-state index is 13.3. The van der Waals surface area contributed by atoms with Crippen LogP contribution < -0.4 is 10.3 Å². The number of aromatic amines is 1. The topological polar surface area (TPSA) is 101 Å². The van der Waals surface area contributed by atoms with E-state index in [2.05, 4.69) is 62.4 Å². The molecule has 0 aliphatic carbocycles. The normalized spacial score (nSPS) is 15.1. The lowest BCUT2D eigenvalue weighted by Gasteiger charge is -2.33. The molecular weight excluding hydrogens is 506 g/mol. The van der Waals surface area contributed by atoms with Crippen molar-refractivity contribution >= 4 is 10.9 Å². The highest BCUT2D eigenvalue weighted by Gasteiger charge is 2.27. The van der Waals surface area contributed by atoms with E-state index in [4.69, 9.17) is 9.47 Å². The number of pyridine rings is 1. The summed E-state index contributed by atoms with van der Waals surface area (Å²) in [6, 6.07) is 14.1. The lowest BCUT2D eigenvalue weighted by atomic mass is 10.0. The van der Waals surface area contributed by atoms with Crippen LogP contribution in [-0.4, -0.2) is 81.5 Å². The van der Waals surface area contributed by atoms with E-state index < -0.39 is 0 Å². The summed E-state index contributed by atoms with van der Waals surface area (Å²) >= 11 is 0. The van der Waals surface area contributed by atoms with Crippen molar-refractivity contribution in [2.45, 2.75) is 46.3 Å². The molecule has 1 saturated heterocycles. The Balaban J connectivity index is 1.46. The number of benzene rings is 2. The summed E-state index contributed by atoms with van der Waals surface area (Å²) in [6.07, 6.45) is 0.801. The van der Waals surface area contributed by atoms with Gasteiger partial charge in [-0.15, -0.1) is 5.10 Å². The number of ether oxygens (including phenoxy) is 2. The number of hydrogen-bond donors (Lipinski definition) is 1. The van der Waals surface area contributed by atoms with E-state index in [9.17, 15) is 4.79 Å². The predicted octanol–water partition coefficient (Wildman–Crippen LogP) is 3.47. The van der Waals surface area contributed by atoms with E-state index in [-0.39, 0.29) is 11.6 Å². The van der Waals surface area contributed by atoms with Gasteiger partial charge in [-0.2, -0.15) is 0 Å². The van der Waals surface area contributed by atoms with Gasteiger partial charge in [0, 0.05) is 43.7 Å². The van der Waals surface area contributed by atoms with Crippen molar-refractivity contribution in [1.29, 1.82) is 0 Å². The summed E-state index contributed by atoms with van der Waals surface area (Å²) in [5, 5.41) is 14.0. The number of nitrogens with one attached hydrogen (secondary N) is 1. The molecule has 1 N–H and O–H groups in total. The molecule has 2 aromatic carbocycles. The van der Waals surface area contributed by atoms with Crippen LogP contribution in [0.3, 0.4) is 0 Å². The molecule has 1 aliphatic heterocycles. The van der Waals surface area contributed by atoms with E-state index >= 15 is 0 Å². The van der Waals surface area contributed by atoms with Gasteiger partial charge in [-0.25, -0.2) is 4.68 Å². The van der Waals surface area contributed by atoms with Crippen molar-refractivity contribution in [3.8, 4) is 5.75 Å². The van der Waals surface area contributed by atoms with Crippen LogP contribution in [0.4, 0.5) is 0 Å². The number of nitrogens with zero attached hydrogens (tertiary/aromatic N) is 6. The minimum Gasteiger partial charge on any atom is -0.497 e. The SMILES string of the molecule is CC[C@@H](c1nnnn1Cc1ccc(OC)cc1)N(CCN1CCOCC1)Cc1cc2c(C)ccc(C)c2[nH]c1=O. The highest BCUT2D eigenvalue weighted by molar-refractivity contribution is 5.85. The van der Waals surface area contributed by atoms with Crippen LogP contribution >= 0.6 is 0 Å². The Bertz CT molecular complexity index is 1480. The molecule has 40 heavy (non-hydrogen) atoms. The van der Waals surface area contributed by atoms with Crippen LogP contribution in [0, 0.1) is 13.8 Å². The zero-order valence-corrected chi connectivity index (χ0v) is 23.9. The Morgan fingerprint density at radius 2 is 1.85 bits per heavy atom. The largest absolute Gasteiger partial charge is 0.497 e. The number of hydrogen-bond acceptors (Lipinski definition) is 8. The summed E-state index contributed by atoms with van der Waals surface area (Å²) < 4.78 is 12.7. The average molecular weight is 546 g/mol. The third-order valence-electron chi connectivity index (χ3n) is 7.88. The molecule has 3 heterocycles. The molecule has 2 aromatic heterocycles. The highest BCUT2D eigenvalue weighted by atomic mass is 16.5. The molecule has 1 aliphatic rings. The number of aromatic nitrogens is 5. The van der Waals surface area contributed by atoms with Crippen LogP contribution in [0.2, 0.25) is 0 Å². The summed E-state index contributed by atoms with van der Waals surface area (Å²) in [4.78, 5) is 21.3. The van der Waals surface area contributed by atoms with E-state index in [0.29, 0.717) is 13.1 Å². The molecule has 0 amide bonds. The Morgan fingerprint density at radius 3 is 2.58 bits per heavy atom. The average Bonchev–Trinajstić information content (AvgIpc) is 3.43. The molecule has 0 saturated carbocycles. The first-order valence-corrected chi connectivity index (χ1v) is 14.0. The standard InChI is InChI=1S/C30H39N7O3/c1-5-27(29-32-33-34-37(29)19-23-8-10-25(39-4)11-9-23)36(13-12-35-14-16-40-17-15-35)20-24-18-26-21(2)6-7-22(3)28(26)31-30(24)38/h6-11,18,27H,5,12-17,19-20H2,1-4H3,(H,31,38)/t27-/m0/s1. The second kappa shape index (κ2) is 12.7. The van der Waals surface area contributed by atoms with Crippen LogP contribution in [0.5, 0.6) is 5.75 Å². The number of methoxy groups -OCH3 is 1. The number of morpholine rings is 1. The Hall–Kier alpha value is -3.60. The predicted molar refractivity (Wildman–Crippen MR) is 155 cm³/mol. The summed E-state index contributed by atoms with van der Waals surface area (Å²) in [5.41, 5.74) is 4.90. The first-order chi connectivity index (χ1) is 19.5. The molecule has 0 spiro atoms. The second-order valence-corrected chi connectivity index (χ2v) is 10.5. The van der Waals surface area contributed by atoms with Crippen LogP contribution in [-0.2, 0) is 17.8 Å². The van der Waals surface area contributed by atoms with Crippen LogP contribution in [0.1, 0.15) is 47.5 Å². The number of aryl methyl sites for hydroxylation is 2. The maximum absolute atomic E-state index is 13.3. The van der Waals surface area contributed by atoms with Crippen molar-refractivity contribution in [2.24, 2.45) is 0 Å². The van der Waals surface area contributed by atoms with Gasteiger partial charge >= 0.3 is 0 Å². The van der Waals surface area contributed by atoms with Gasteiger partial charge in [0.25, 0.3) is 5.56 Å². The van der Waals surface area contributed by atoms with Crippen LogP contribution in [0.15, 0.2) is 47.3 Å². The van der Waals surface area contributed by atoms with Gasteiger partial charge in [0.2, 0.25) is 0 Å². The van der Waals surface area contributed by atoms with Gasteiger partial charge in [0.05, 0.1) is 38.4 Å². The molecular formula is C30H39N7O3. The number of rotatable bonds is 11. The van der Waals surface area contributed by atoms with Crippen molar-refractivity contribution < 1.29 is 9.47 Å².